The maximum atomic E-state index is 10.8. The second kappa shape index (κ2) is 4.54. The van der Waals surface area contributed by atoms with Gasteiger partial charge in [-0.25, -0.2) is 4.79 Å². The first-order valence-corrected chi connectivity index (χ1v) is 4.41. The molecule has 0 bridgehead atoms. The molecule has 0 spiro atoms. The van der Waals surface area contributed by atoms with Crippen LogP contribution < -0.4 is 0 Å². The number of hydrogen-bond acceptors (Lipinski definition) is 3. The van der Waals surface area contributed by atoms with Crippen molar-refractivity contribution < 1.29 is 14.7 Å². The van der Waals surface area contributed by atoms with Crippen molar-refractivity contribution in [1.29, 1.82) is 0 Å². The number of aliphatic carboxylic acids is 1. The number of carbonyl (C=O) groups excluding carboxylic acids is 1. The van der Waals surface area contributed by atoms with E-state index in [0.717, 1.165) is 0 Å². The second-order valence-electron chi connectivity index (χ2n) is 3.30. The van der Waals surface area contributed by atoms with Crippen molar-refractivity contribution in [2.75, 3.05) is 0 Å². The molecule has 5 nitrogen and oxygen atoms in total. The Labute approximate surface area is 87.0 Å². The predicted octanol–water partition coefficient (Wildman–Crippen LogP) is 0.867. The van der Waals surface area contributed by atoms with Crippen LogP contribution in [-0.2, 0) is 16.6 Å². The van der Waals surface area contributed by atoms with Crippen LogP contribution in [0, 0.1) is 0 Å². The first kappa shape index (κ1) is 11.2. The molecule has 5 heteroatoms. The number of carbonyl (C=O) groups is 2. The molecule has 1 aromatic heterocycles. The minimum Gasteiger partial charge on any atom is -0.478 e. The van der Waals surface area contributed by atoms with Gasteiger partial charge < -0.3 is 5.11 Å². The SMILES string of the molecule is CC(=O)C/C(=C\c1cnn(C)c1)C(=O)O. The molecule has 0 aliphatic rings. The molecule has 0 aliphatic heterocycles. The van der Waals surface area contributed by atoms with Crippen LogP contribution in [0.5, 0.6) is 0 Å². The smallest absolute Gasteiger partial charge is 0.332 e. The third-order valence-electron chi connectivity index (χ3n) is 1.78. The second-order valence-corrected chi connectivity index (χ2v) is 3.30. The Morgan fingerprint density at radius 1 is 1.60 bits per heavy atom. The Balaban J connectivity index is 2.93. The van der Waals surface area contributed by atoms with Gasteiger partial charge in [0.2, 0.25) is 0 Å². The van der Waals surface area contributed by atoms with E-state index in [9.17, 15) is 9.59 Å². The Morgan fingerprint density at radius 3 is 2.67 bits per heavy atom. The predicted molar refractivity (Wildman–Crippen MR) is 54.1 cm³/mol. The summed E-state index contributed by atoms with van der Waals surface area (Å²) in [5, 5.41) is 12.7. The van der Waals surface area contributed by atoms with Gasteiger partial charge in [-0.1, -0.05) is 0 Å². The number of carboxylic acids is 1. The van der Waals surface area contributed by atoms with E-state index in [2.05, 4.69) is 5.10 Å². The van der Waals surface area contributed by atoms with E-state index in [1.807, 2.05) is 0 Å². The summed E-state index contributed by atoms with van der Waals surface area (Å²) in [6.07, 6.45) is 4.62. The third kappa shape index (κ3) is 3.38. The molecule has 0 amide bonds. The third-order valence-corrected chi connectivity index (χ3v) is 1.78. The van der Waals surface area contributed by atoms with Crippen LogP contribution in [0.4, 0.5) is 0 Å². The zero-order chi connectivity index (χ0) is 11.4. The minimum atomic E-state index is -1.07. The lowest BCUT2D eigenvalue weighted by Crippen LogP contribution is -2.04. The van der Waals surface area contributed by atoms with E-state index in [0.29, 0.717) is 5.56 Å². The number of aryl methyl sites for hydroxylation is 1. The Kier molecular flexibility index (Phi) is 3.38. The molecule has 1 rings (SSSR count). The van der Waals surface area contributed by atoms with E-state index in [1.54, 1.807) is 24.1 Å². The minimum absolute atomic E-state index is 0.0653. The van der Waals surface area contributed by atoms with Crippen LogP contribution in [0.15, 0.2) is 18.0 Å². The van der Waals surface area contributed by atoms with Crippen molar-refractivity contribution in [2.24, 2.45) is 7.05 Å². The molecule has 1 aromatic rings. The zero-order valence-corrected chi connectivity index (χ0v) is 8.60. The van der Waals surface area contributed by atoms with Gasteiger partial charge in [-0.05, 0) is 13.0 Å². The van der Waals surface area contributed by atoms with Crippen molar-refractivity contribution in [3.63, 3.8) is 0 Å². The van der Waals surface area contributed by atoms with Crippen molar-refractivity contribution in [3.05, 3.63) is 23.5 Å². The normalized spacial score (nSPS) is 11.5. The Morgan fingerprint density at radius 2 is 2.27 bits per heavy atom. The van der Waals surface area contributed by atoms with Crippen LogP contribution in [0.25, 0.3) is 6.08 Å². The average molecular weight is 208 g/mol. The molecule has 0 saturated carbocycles. The summed E-state index contributed by atoms with van der Waals surface area (Å²) in [6.45, 7) is 1.36. The van der Waals surface area contributed by atoms with Gasteiger partial charge in [0.05, 0.1) is 6.20 Å². The molecule has 0 saturated heterocycles. The molecular formula is C10H12N2O3. The Hall–Kier alpha value is -1.91. The molecule has 0 radical (unpaired) electrons. The molecular weight excluding hydrogens is 196 g/mol. The number of Topliss-reactive ketones (excluding diaryl/α,β-unsaturated/α-hetero) is 1. The van der Waals surface area contributed by atoms with Crippen molar-refractivity contribution >= 4 is 17.8 Å². The van der Waals surface area contributed by atoms with Crippen LogP contribution in [0.3, 0.4) is 0 Å². The van der Waals surface area contributed by atoms with Crippen LogP contribution in [-0.4, -0.2) is 26.6 Å². The number of aromatic nitrogens is 2. The summed E-state index contributed by atoms with van der Waals surface area (Å²) < 4.78 is 1.57. The van der Waals surface area contributed by atoms with Gasteiger partial charge in [0.25, 0.3) is 0 Å². The lowest BCUT2D eigenvalue weighted by molar-refractivity contribution is -0.133. The fourth-order valence-corrected chi connectivity index (χ4v) is 1.17. The van der Waals surface area contributed by atoms with E-state index in [1.165, 1.54) is 13.0 Å². The maximum absolute atomic E-state index is 10.8. The topological polar surface area (TPSA) is 72.2 Å². The summed E-state index contributed by atoms with van der Waals surface area (Å²) in [4.78, 5) is 21.6. The fraction of sp³-hybridized carbons (Fsp3) is 0.300. The van der Waals surface area contributed by atoms with Gasteiger partial charge in [-0.3, -0.25) is 9.48 Å². The number of hydrogen-bond donors (Lipinski definition) is 1. The molecule has 15 heavy (non-hydrogen) atoms. The number of nitrogens with zero attached hydrogens (tertiary/aromatic N) is 2. The lowest BCUT2D eigenvalue weighted by Gasteiger charge is -1.97. The highest BCUT2D eigenvalue weighted by Gasteiger charge is 2.10. The average Bonchev–Trinajstić information content (AvgIpc) is 2.49. The Bertz CT molecular complexity index is 418. The van der Waals surface area contributed by atoms with Gasteiger partial charge in [0.15, 0.2) is 0 Å². The summed E-state index contributed by atoms with van der Waals surface area (Å²) in [5.41, 5.74) is 0.756. The van der Waals surface area contributed by atoms with Crippen molar-refractivity contribution in [1.82, 2.24) is 9.78 Å². The molecule has 0 unspecified atom stereocenters. The van der Waals surface area contributed by atoms with Crippen molar-refractivity contribution in [2.45, 2.75) is 13.3 Å². The number of rotatable bonds is 4. The fourth-order valence-electron chi connectivity index (χ4n) is 1.17. The van der Waals surface area contributed by atoms with Crippen LogP contribution in [0.2, 0.25) is 0 Å². The zero-order valence-electron chi connectivity index (χ0n) is 8.60. The summed E-state index contributed by atoms with van der Waals surface area (Å²) in [6, 6.07) is 0. The van der Waals surface area contributed by atoms with Crippen LogP contribution >= 0.6 is 0 Å². The van der Waals surface area contributed by atoms with Gasteiger partial charge in [-0.2, -0.15) is 5.10 Å². The highest BCUT2D eigenvalue weighted by Crippen LogP contribution is 2.09. The quantitative estimate of drug-likeness (QED) is 0.745. The molecule has 0 aliphatic carbocycles. The largest absolute Gasteiger partial charge is 0.478 e. The summed E-state index contributed by atoms with van der Waals surface area (Å²) in [7, 11) is 1.74. The highest BCUT2D eigenvalue weighted by atomic mass is 16.4. The van der Waals surface area contributed by atoms with Crippen molar-refractivity contribution in [3.8, 4) is 0 Å². The van der Waals surface area contributed by atoms with Gasteiger partial charge in [-0.15, -0.1) is 0 Å². The summed E-state index contributed by atoms with van der Waals surface area (Å²) in [5.74, 6) is -1.25. The van der Waals surface area contributed by atoms with E-state index in [-0.39, 0.29) is 17.8 Å². The van der Waals surface area contributed by atoms with Gasteiger partial charge in [0.1, 0.15) is 5.78 Å². The van der Waals surface area contributed by atoms with Gasteiger partial charge in [0, 0.05) is 30.8 Å². The van der Waals surface area contributed by atoms with Crippen LogP contribution in [0.1, 0.15) is 18.9 Å². The monoisotopic (exact) mass is 208 g/mol. The molecule has 0 fully saturated rings. The molecule has 1 N–H and O–H groups in total. The van der Waals surface area contributed by atoms with E-state index >= 15 is 0 Å². The maximum Gasteiger partial charge on any atom is 0.332 e. The molecule has 80 valence electrons. The first-order chi connectivity index (χ1) is 6.99. The standard InChI is InChI=1S/C10H12N2O3/c1-7(13)3-9(10(14)15)4-8-5-11-12(2)6-8/h4-6H,3H2,1-2H3,(H,14,15)/b9-4+. The van der Waals surface area contributed by atoms with E-state index < -0.39 is 5.97 Å². The van der Waals surface area contributed by atoms with Gasteiger partial charge >= 0.3 is 5.97 Å². The highest BCUT2D eigenvalue weighted by molar-refractivity contribution is 5.98. The molecule has 1 heterocycles. The lowest BCUT2D eigenvalue weighted by atomic mass is 10.1. The first-order valence-electron chi connectivity index (χ1n) is 4.41. The number of ketones is 1. The number of carboxylic acid groups (broad SMARTS) is 1. The molecule has 0 atom stereocenters. The molecule has 0 aromatic carbocycles. The summed E-state index contributed by atoms with van der Waals surface area (Å²) >= 11 is 0. The van der Waals surface area contributed by atoms with E-state index in [4.69, 9.17) is 5.11 Å².